The molecule has 0 saturated heterocycles. The predicted octanol–water partition coefficient (Wildman–Crippen LogP) is 4.83. The molecule has 3 unspecified atom stereocenters. The molecule has 100 valence electrons. The van der Waals surface area contributed by atoms with Crippen LogP contribution in [0.4, 0.5) is 13.2 Å². The van der Waals surface area contributed by atoms with Crippen LogP contribution in [0, 0.1) is 23.7 Å². The van der Waals surface area contributed by atoms with Crippen molar-refractivity contribution in [2.75, 3.05) is 0 Å². The van der Waals surface area contributed by atoms with Crippen molar-refractivity contribution in [2.24, 2.45) is 23.7 Å². The third-order valence-corrected chi connectivity index (χ3v) is 4.86. The molecule has 0 N–H and O–H groups in total. The molecule has 0 bridgehead atoms. The molecule has 0 amide bonds. The van der Waals surface area contributed by atoms with Crippen molar-refractivity contribution in [3.63, 3.8) is 0 Å². The second-order valence-electron chi connectivity index (χ2n) is 6.11. The fourth-order valence-electron chi connectivity index (χ4n) is 3.69. The molecule has 2 fully saturated rings. The minimum atomic E-state index is -2.18. The van der Waals surface area contributed by atoms with Crippen molar-refractivity contribution in [3.8, 4) is 0 Å². The maximum Gasteiger partial charge on any atom is 0.241 e. The van der Waals surface area contributed by atoms with Gasteiger partial charge in [0.2, 0.25) is 6.43 Å². The Labute approximate surface area is 102 Å². The largest absolute Gasteiger partial charge is 0.247 e. The van der Waals surface area contributed by atoms with E-state index in [1.165, 1.54) is 0 Å². The Balaban J connectivity index is 1.84. The van der Waals surface area contributed by atoms with Gasteiger partial charge in [0, 0.05) is 5.92 Å². The van der Waals surface area contributed by atoms with Crippen LogP contribution in [0.2, 0.25) is 0 Å². The molecule has 3 atom stereocenters. The van der Waals surface area contributed by atoms with E-state index in [2.05, 4.69) is 6.92 Å². The van der Waals surface area contributed by atoms with Crippen LogP contribution in [-0.2, 0) is 0 Å². The van der Waals surface area contributed by atoms with Gasteiger partial charge in [0.1, 0.15) is 6.17 Å². The van der Waals surface area contributed by atoms with Crippen molar-refractivity contribution in [3.05, 3.63) is 0 Å². The standard InChI is InChI=1S/C14H23F3/c1-9-2-7-12(13(15)8-9)10-3-5-11(6-4-10)14(16)17/h9-14H,2-8H2,1H3. The smallest absolute Gasteiger partial charge is 0.241 e. The Kier molecular flexibility index (Phi) is 4.37. The van der Waals surface area contributed by atoms with Gasteiger partial charge in [0.25, 0.3) is 0 Å². The predicted molar refractivity (Wildman–Crippen MR) is 62.9 cm³/mol. The highest BCUT2D eigenvalue weighted by atomic mass is 19.3. The SMILES string of the molecule is CC1CCC(C2CCC(C(F)F)CC2)C(F)C1. The lowest BCUT2D eigenvalue weighted by atomic mass is 9.68. The summed E-state index contributed by atoms with van der Waals surface area (Å²) in [5.74, 6) is 0.600. The summed E-state index contributed by atoms with van der Waals surface area (Å²) in [7, 11) is 0. The van der Waals surface area contributed by atoms with E-state index in [1.54, 1.807) is 0 Å². The molecule has 0 aliphatic heterocycles. The molecule has 2 aliphatic rings. The topological polar surface area (TPSA) is 0 Å². The van der Waals surface area contributed by atoms with Crippen molar-refractivity contribution in [1.29, 1.82) is 0 Å². The van der Waals surface area contributed by atoms with E-state index in [1.807, 2.05) is 0 Å². The van der Waals surface area contributed by atoms with E-state index in [4.69, 9.17) is 0 Å². The van der Waals surface area contributed by atoms with Gasteiger partial charge in [-0.05, 0) is 56.3 Å². The highest BCUT2D eigenvalue weighted by Crippen LogP contribution is 2.43. The summed E-state index contributed by atoms with van der Waals surface area (Å²) in [4.78, 5) is 0. The van der Waals surface area contributed by atoms with E-state index < -0.39 is 18.5 Å². The van der Waals surface area contributed by atoms with Crippen molar-refractivity contribution < 1.29 is 13.2 Å². The van der Waals surface area contributed by atoms with Crippen molar-refractivity contribution in [2.45, 2.75) is 64.5 Å². The van der Waals surface area contributed by atoms with Crippen LogP contribution >= 0.6 is 0 Å². The van der Waals surface area contributed by atoms with Gasteiger partial charge in [-0.15, -0.1) is 0 Å². The Morgan fingerprint density at radius 1 is 0.941 bits per heavy atom. The Morgan fingerprint density at radius 2 is 1.59 bits per heavy atom. The number of rotatable bonds is 2. The fourth-order valence-corrected chi connectivity index (χ4v) is 3.69. The van der Waals surface area contributed by atoms with Crippen LogP contribution in [0.5, 0.6) is 0 Å². The zero-order valence-corrected chi connectivity index (χ0v) is 10.5. The van der Waals surface area contributed by atoms with Gasteiger partial charge in [-0.3, -0.25) is 0 Å². The van der Waals surface area contributed by atoms with E-state index in [-0.39, 0.29) is 5.92 Å². The van der Waals surface area contributed by atoms with Crippen LogP contribution in [0.3, 0.4) is 0 Å². The molecule has 0 aromatic rings. The van der Waals surface area contributed by atoms with Crippen LogP contribution in [0.1, 0.15) is 51.9 Å². The van der Waals surface area contributed by atoms with Gasteiger partial charge in [-0.2, -0.15) is 0 Å². The zero-order chi connectivity index (χ0) is 12.4. The maximum atomic E-state index is 14.0. The monoisotopic (exact) mass is 248 g/mol. The Morgan fingerprint density at radius 3 is 2.12 bits per heavy atom. The lowest BCUT2D eigenvalue weighted by molar-refractivity contribution is 0.0172. The van der Waals surface area contributed by atoms with Crippen LogP contribution in [0.25, 0.3) is 0 Å². The summed E-state index contributed by atoms with van der Waals surface area (Å²) >= 11 is 0. The van der Waals surface area contributed by atoms with Gasteiger partial charge >= 0.3 is 0 Å². The molecule has 2 saturated carbocycles. The third-order valence-electron chi connectivity index (χ3n) is 4.86. The van der Waals surface area contributed by atoms with Crippen LogP contribution < -0.4 is 0 Å². The second kappa shape index (κ2) is 5.62. The molecule has 3 heteroatoms. The van der Waals surface area contributed by atoms with E-state index in [9.17, 15) is 13.2 Å². The second-order valence-corrected chi connectivity index (χ2v) is 6.11. The zero-order valence-electron chi connectivity index (χ0n) is 10.5. The summed E-state index contributed by atoms with van der Waals surface area (Å²) in [6.07, 6.45) is 2.71. The van der Waals surface area contributed by atoms with Crippen LogP contribution in [0.15, 0.2) is 0 Å². The molecular formula is C14H23F3. The Bertz CT molecular complexity index is 234. The highest BCUT2D eigenvalue weighted by molar-refractivity contribution is 4.86. The lowest BCUT2D eigenvalue weighted by Gasteiger charge is -2.39. The van der Waals surface area contributed by atoms with E-state index in [0.717, 1.165) is 25.7 Å². The number of hydrogen-bond donors (Lipinski definition) is 0. The molecule has 0 aromatic heterocycles. The van der Waals surface area contributed by atoms with Gasteiger partial charge in [0.05, 0.1) is 0 Å². The molecule has 17 heavy (non-hydrogen) atoms. The van der Waals surface area contributed by atoms with Gasteiger partial charge in [-0.25, -0.2) is 13.2 Å². The number of hydrogen-bond acceptors (Lipinski definition) is 0. The van der Waals surface area contributed by atoms with Gasteiger partial charge in [-0.1, -0.05) is 13.3 Å². The normalized spacial score (nSPS) is 43.9. The average molecular weight is 248 g/mol. The summed E-state index contributed by atoms with van der Waals surface area (Å²) in [5.41, 5.74) is 0. The average Bonchev–Trinajstić information content (AvgIpc) is 2.29. The lowest BCUT2D eigenvalue weighted by Crippen LogP contribution is -2.34. The summed E-state index contributed by atoms with van der Waals surface area (Å²) in [6.45, 7) is 2.11. The van der Waals surface area contributed by atoms with Crippen molar-refractivity contribution in [1.82, 2.24) is 0 Å². The minimum absolute atomic E-state index is 0.157. The maximum absolute atomic E-state index is 14.0. The minimum Gasteiger partial charge on any atom is -0.247 e. The molecule has 0 heterocycles. The third kappa shape index (κ3) is 3.17. The van der Waals surface area contributed by atoms with Crippen molar-refractivity contribution >= 4 is 0 Å². The number of alkyl halides is 3. The molecule has 2 rings (SSSR count). The fraction of sp³-hybridized carbons (Fsp3) is 1.00. The molecule has 0 spiro atoms. The number of halogens is 3. The first kappa shape index (κ1) is 13.2. The van der Waals surface area contributed by atoms with Gasteiger partial charge < -0.3 is 0 Å². The van der Waals surface area contributed by atoms with E-state index >= 15 is 0 Å². The van der Waals surface area contributed by atoms with Crippen LogP contribution in [-0.4, -0.2) is 12.6 Å². The quantitative estimate of drug-likeness (QED) is 0.656. The first-order valence-corrected chi connectivity index (χ1v) is 7.00. The first-order valence-electron chi connectivity index (χ1n) is 7.00. The first-order chi connectivity index (χ1) is 8.08. The molecule has 0 aromatic carbocycles. The summed E-state index contributed by atoms with van der Waals surface area (Å²) < 4.78 is 39.1. The van der Waals surface area contributed by atoms with Gasteiger partial charge in [0.15, 0.2) is 0 Å². The molecule has 2 aliphatic carbocycles. The summed E-state index contributed by atoms with van der Waals surface area (Å²) in [5, 5.41) is 0. The molecule has 0 nitrogen and oxygen atoms in total. The molecule has 0 radical (unpaired) electrons. The van der Waals surface area contributed by atoms with E-state index in [0.29, 0.717) is 31.1 Å². The molecular weight excluding hydrogens is 225 g/mol. The Hall–Kier alpha value is -0.210. The summed E-state index contributed by atoms with van der Waals surface area (Å²) in [6, 6.07) is 0. The highest BCUT2D eigenvalue weighted by Gasteiger charge is 2.37.